The summed E-state index contributed by atoms with van der Waals surface area (Å²) in [5.41, 5.74) is 1.36. The Kier molecular flexibility index (Phi) is 5.04. The molecule has 0 fully saturated rings. The Morgan fingerprint density at radius 1 is 1.29 bits per heavy atom. The van der Waals surface area contributed by atoms with E-state index in [1.165, 1.54) is 0 Å². The fourth-order valence-corrected chi connectivity index (χ4v) is 2.18. The third kappa shape index (κ3) is 3.46. The Morgan fingerprint density at radius 2 is 2.10 bits per heavy atom. The number of para-hydroxylation sites is 1. The van der Waals surface area contributed by atoms with Gasteiger partial charge in [0.15, 0.2) is 5.75 Å². The van der Waals surface area contributed by atoms with Crippen molar-refractivity contribution in [1.82, 2.24) is 5.32 Å². The number of nitriles is 1. The summed E-state index contributed by atoms with van der Waals surface area (Å²) in [4.78, 5) is 0. The van der Waals surface area contributed by atoms with Crippen LogP contribution in [0.3, 0.4) is 0 Å². The van der Waals surface area contributed by atoms with Crippen LogP contribution in [0.15, 0.2) is 36.4 Å². The molecule has 108 valence electrons. The molecule has 0 unspecified atom stereocenters. The maximum Gasteiger partial charge on any atom is 0.163 e. The number of rotatable bonds is 5. The lowest BCUT2D eigenvalue weighted by atomic mass is 10.2. The molecule has 0 aliphatic rings. The molecule has 0 bridgehead atoms. The van der Waals surface area contributed by atoms with Gasteiger partial charge >= 0.3 is 0 Å². The zero-order chi connectivity index (χ0) is 15.2. The summed E-state index contributed by atoms with van der Waals surface area (Å²) in [5, 5.41) is 12.6. The van der Waals surface area contributed by atoms with Crippen LogP contribution in [0.5, 0.6) is 17.2 Å². The monoisotopic (exact) mass is 302 g/mol. The van der Waals surface area contributed by atoms with Crippen molar-refractivity contribution in [3.05, 3.63) is 52.5 Å². The standard InChI is InChI=1S/C16H15ClN2O2/c1-19-10-12-8-13(6-7-15(12)20-2)21-16-11(9-18)4-3-5-14(16)17/h3-8,19H,10H2,1-2H3. The van der Waals surface area contributed by atoms with E-state index in [4.69, 9.17) is 26.3 Å². The van der Waals surface area contributed by atoms with Crippen LogP contribution in [0.4, 0.5) is 0 Å². The molecule has 0 aliphatic heterocycles. The van der Waals surface area contributed by atoms with Crippen LogP contribution in [0, 0.1) is 11.3 Å². The van der Waals surface area contributed by atoms with Crippen LogP contribution in [0.2, 0.25) is 5.02 Å². The Labute approximate surface area is 128 Å². The van der Waals surface area contributed by atoms with Crippen molar-refractivity contribution in [3.8, 4) is 23.3 Å². The molecule has 0 amide bonds. The lowest BCUT2D eigenvalue weighted by Crippen LogP contribution is -2.06. The van der Waals surface area contributed by atoms with Crippen LogP contribution in [-0.2, 0) is 6.54 Å². The van der Waals surface area contributed by atoms with Crippen LogP contribution in [0.1, 0.15) is 11.1 Å². The highest BCUT2D eigenvalue weighted by atomic mass is 35.5. The lowest BCUT2D eigenvalue weighted by Gasteiger charge is -2.13. The van der Waals surface area contributed by atoms with Crippen molar-refractivity contribution in [1.29, 1.82) is 5.26 Å². The highest BCUT2D eigenvalue weighted by Gasteiger charge is 2.11. The molecule has 21 heavy (non-hydrogen) atoms. The first kappa shape index (κ1) is 15.2. The van der Waals surface area contributed by atoms with E-state index < -0.39 is 0 Å². The van der Waals surface area contributed by atoms with E-state index in [9.17, 15) is 0 Å². The predicted octanol–water partition coefficient (Wildman–Crippen LogP) is 3.73. The van der Waals surface area contributed by atoms with E-state index in [-0.39, 0.29) is 0 Å². The molecule has 0 aromatic heterocycles. The van der Waals surface area contributed by atoms with Gasteiger partial charge in [0.1, 0.15) is 17.6 Å². The van der Waals surface area contributed by atoms with E-state index in [0.717, 1.165) is 11.3 Å². The molecule has 4 nitrogen and oxygen atoms in total. The molecule has 0 saturated heterocycles. The van der Waals surface area contributed by atoms with E-state index in [1.807, 2.05) is 19.2 Å². The normalized spacial score (nSPS) is 10.0. The SMILES string of the molecule is CNCc1cc(Oc2c(Cl)cccc2C#N)ccc1OC. The van der Waals surface area contributed by atoms with Crippen molar-refractivity contribution < 1.29 is 9.47 Å². The van der Waals surface area contributed by atoms with Crippen molar-refractivity contribution in [3.63, 3.8) is 0 Å². The number of hydrogen-bond acceptors (Lipinski definition) is 4. The van der Waals surface area contributed by atoms with E-state index in [0.29, 0.717) is 28.6 Å². The molecule has 0 saturated carbocycles. The first-order valence-corrected chi connectivity index (χ1v) is 6.75. The number of benzene rings is 2. The Balaban J connectivity index is 2.37. The van der Waals surface area contributed by atoms with Gasteiger partial charge in [-0.3, -0.25) is 0 Å². The molecule has 2 aromatic carbocycles. The number of ether oxygens (including phenoxy) is 2. The molecule has 0 aliphatic carbocycles. The number of methoxy groups -OCH3 is 1. The third-order valence-corrected chi connectivity index (χ3v) is 3.22. The first-order valence-electron chi connectivity index (χ1n) is 6.37. The van der Waals surface area contributed by atoms with Crippen LogP contribution < -0.4 is 14.8 Å². The third-order valence-electron chi connectivity index (χ3n) is 2.93. The van der Waals surface area contributed by atoms with Crippen molar-refractivity contribution >= 4 is 11.6 Å². The molecule has 1 N–H and O–H groups in total. The molecule has 2 rings (SSSR count). The highest BCUT2D eigenvalue weighted by Crippen LogP contribution is 2.34. The Morgan fingerprint density at radius 3 is 2.76 bits per heavy atom. The van der Waals surface area contributed by atoms with Gasteiger partial charge in [0.25, 0.3) is 0 Å². The Bertz CT molecular complexity index is 680. The van der Waals surface area contributed by atoms with E-state index in [2.05, 4.69) is 11.4 Å². The highest BCUT2D eigenvalue weighted by molar-refractivity contribution is 6.32. The lowest BCUT2D eigenvalue weighted by molar-refractivity contribution is 0.406. The molecule has 2 aromatic rings. The number of nitrogens with one attached hydrogen (secondary N) is 1. The second-order valence-corrected chi connectivity index (χ2v) is 4.74. The second-order valence-electron chi connectivity index (χ2n) is 4.33. The van der Waals surface area contributed by atoms with Crippen molar-refractivity contribution in [2.75, 3.05) is 14.2 Å². The van der Waals surface area contributed by atoms with Gasteiger partial charge in [-0.25, -0.2) is 0 Å². The largest absolute Gasteiger partial charge is 0.496 e. The summed E-state index contributed by atoms with van der Waals surface area (Å²) in [6.07, 6.45) is 0. The number of hydrogen-bond donors (Lipinski definition) is 1. The van der Waals surface area contributed by atoms with Crippen molar-refractivity contribution in [2.45, 2.75) is 6.54 Å². The summed E-state index contributed by atoms with van der Waals surface area (Å²) < 4.78 is 11.1. The zero-order valence-corrected chi connectivity index (χ0v) is 12.6. The van der Waals surface area contributed by atoms with Gasteiger partial charge < -0.3 is 14.8 Å². The first-order chi connectivity index (χ1) is 10.2. The van der Waals surface area contributed by atoms with Crippen LogP contribution >= 0.6 is 11.6 Å². The van der Waals surface area contributed by atoms with Crippen molar-refractivity contribution in [2.24, 2.45) is 0 Å². The summed E-state index contributed by atoms with van der Waals surface area (Å²) in [6, 6.07) is 12.6. The maximum atomic E-state index is 9.12. The quantitative estimate of drug-likeness (QED) is 0.914. The predicted molar refractivity (Wildman–Crippen MR) is 82.0 cm³/mol. The van der Waals surface area contributed by atoms with E-state index >= 15 is 0 Å². The van der Waals surface area contributed by atoms with Gasteiger partial charge in [0.2, 0.25) is 0 Å². The van der Waals surface area contributed by atoms with Gasteiger partial charge in [-0.05, 0) is 37.4 Å². The molecule has 0 radical (unpaired) electrons. The zero-order valence-electron chi connectivity index (χ0n) is 11.8. The average Bonchev–Trinajstić information content (AvgIpc) is 2.50. The minimum atomic E-state index is 0.363. The summed E-state index contributed by atoms with van der Waals surface area (Å²) in [7, 11) is 3.48. The maximum absolute atomic E-state index is 9.12. The molecular formula is C16H15ClN2O2. The topological polar surface area (TPSA) is 54.3 Å². The summed E-state index contributed by atoms with van der Waals surface area (Å²) >= 11 is 6.10. The molecular weight excluding hydrogens is 288 g/mol. The van der Waals surface area contributed by atoms with E-state index in [1.54, 1.807) is 31.4 Å². The second kappa shape index (κ2) is 6.98. The average molecular weight is 303 g/mol. The number of nitrogens with zero attached hydrogens (tertiary/aromatic N) is 1. The van der Waals surface area contributed by atoms with Crippen LogP contribution in [-0.4, -0.2) is 14.2 Å². The van der Waals surface area contributed by atoms with Gasteiger partial charge in [0.05, 0.1) is 17.7 Å². The van der Waals surface area contributed by atoms with Crippen LogP contribution in [0.25, 0.3) is 0 Å². The number of halogens is 1. The van der Waals surface area contributed by atoms with Gasteiger partial charge in [-0.15, -0.1) is 0 Å². The smallest absolute Gasteiger partial charge is 0.163 e. The summed E-state index contributed by atoms with van der Waals surface area (Å²) in [5.74, 6) is 1.74. The molecule has 0 spiro atoms. The summed E-state index contributed by atoms with van der Waals surface area (Å²) in [6.45, 7) is 0.647. The molecule has 0 heterocycles. The van der Waals surface area contributed by atoms with Gasteiger partial charge in [-0.1, -0.05) is 17.7 Å². The Hall–Kier alpha value is -2.22. The van der Waals surface area contributed by atoms with Gasteiger partial charge in [-0.2, -0.15) is 5.26 Å². The fraction of sp³-hybridized carbons (Fsp3) is 0.188. The fourth-order valence-electron chi connectivity index (χ4n) is 1.97. The molecule has 5 heteroatoms. The minimum absolute atomic E-state index is 0.363. The van der Waals surface area contributed by atoms with Gasteiger partial charge in [0, 0.05) is 12.1 Å². The minimum Gasteiger partial charge on any atom is -0.496 e. The molecule has 0 atom stereocenters.